The van der Waals surface area contributed by atoms with E-state index in [-0.39, 0.29) is 24.5 Å². The van der Waals surface area contributed by atoms with Crippen molar-refractivity contribution in [1.29, 1.82) is 0 Å². The molecular weight excluding hydrogens is 352 g/mol. The van der Waals surface area contributed by atoms with Crippen LogP contribution in [0.4, 0.5) is 0 Å². The Kier molecular flexibility index (Phi) is 8.16. The number of allylic oxidation sites excluding steroid dienone is 2. The quantitative estimate of drug-likeness (QED) is 0.314. The zero-order valence-corrected chi connectivity index (χ0v) is 17.1. The lowest BCUT2D eigenvalue weighted by molar-refractivity contribution is -0.137. The second-order valence-corrected chi connectivity index (χ2v) is 9.41. The summed E-state index contributed by atoms with van der Waals surface area (Å²) in [6.07, 6.45) is 18.9. The zero-order chi connectivity index (χ0) is 19.9. The minimum atomic E-state index is -0.725. The third kappa shape index (κ3) is 6.18. The van der Waals surface area contributed by atoms with Crippen LogP contribution in [0.2, 0.25) is 0 Å². The smallest absolute Gasteiger partial charge is 0.303 e. The highest BCUT2D eigenvalue weighted by Gasteiger charge is 2.44. The summed E-state index contributed by atoms with van der Waals surface area (Å²) in [5.74, 6) is 1.09. The summed E-state index contributed by atoms with van der Waals surface area (Å²) in [6.45, 7) is 0. The van der Waals surface area contributed by atoms with Crippen molar-refractivity contribution in [2.75, 3.05) is 0 Å². The van der Waals surface area contributed by atoms with Gasteiger partial charge in [-0.15, -0.1) is 0 Å². The number of carboxylic acid groups (broad SMARTS) is 1. The van der Waals surface area contributed by atoms with Gasteiger partial charge < -0.3 is 15.3 Å². The number of carbonyl (C=O) groups is 1. The average molecular weight is 391 g/mol. The van der Waals surface area contributed by atoms with Crippen LogP contribution in [0.3, 0.4) is 0 Å². The zero-order valence-electron chi connectivity index (χ0n) is 17.1. The molecule has 0 heterocycles. The molecule has 0 radical (unpaired) electrons. The SMILES string of the molecule is O=C(O)CCCC=C1C[C@@H]2C[C@@H](O)[C@H](C=C[C@H](O)CC3CCCCCC3)[C@H]2C1. The van der Waals surface area contributed by atoms with Gasteiger partial charge in [0.15, 0.2) is 0 Å². The minimum absolute atomic E-state index is 0.152. The predicted molar refractivity (Wildman–Crippen MR) is 111 cm³/mol. The highest BCUT2D eigenvalue weighted by atomic mass is 16.4. The van der Waals surface area contributed by atoms with Crippen LogP contribution in [-0.2, 0) is 4.79 Å². The first kappa shape index (κ1) is 21.6. The van der Waals surface area contributed by atoms with Gasteiger partial charge in [0.05, 0.1) is 12.2 Å². The topological polar surface area (TPSA) is 77.8 Å². The van der Waals surface area contributed by atoms with Crippen molar-refractivity contribution in [2.45, 2.75) is 95.7 Å². The highest BCUT2D eigenvalue weighted by molar-refractivity contribution is 5.66. The van der Waals surface area contributed by atoms with Crippen LogP contribution in [0, 0.1) is 23.7 Å². The fourth-order valence-electron chi connectivity index (χ4n) is 5.78. The maximum Gasteiger partial charge on any atom is 0.303 e. The van der Waals surface area contributed by atoms with Gasteiger partial charge in [0.25, 0.3) is 0 Å². The summed E-state index contributed by atoms with van der Waals surface area (Å²) < 4.78 is 0. The molecule has 3 aliphatic carbocycles. The summed E-state index contributed by atoms with van der Waals surface area (Å²) in [5, 5.41) is 29.7. The fourth-order valence-corrected chi connectivity index (χ4v) is 5.78. The van der Waals surface area contributed by atoms with Gasteiger partial charge in [-0.25, -0.2) is 0 Å². The number of aliphatic hydroxyl groups is 2. The average Bonchev–Trinajstić information content (AvgIpc) is 3.02. The van der Waals surface area contributed by atoms with Crippen molar-refractivity contribution < 1.29 is 20.1 Å². The lowest BCUT2D eigenvalue weighted by Gasteiger charge is -2.19. The number of rotatable bonds is 8. The Morgan fingerprint density at radius 3 is 2.61 bits per heavy atom. The molecule has 158 valence electrons. The molecule has 3 saturated carbocycles. The maximum absolute atomic E-state index is 10.6. The molecule has 3 aliphatic rings. The number of carboxylic acids is 1. The Labute approximate surface area is 169 Å². The summed E-state index contributed by atoms with van der Waals surface area (Å²) in [4.78, 5) is 10.6. The van der Waals surface area contributed by atoms with E-state index in [1.807, 2.05) is 6.08 Å². The molecule has 5 atom stereocenters. The molecule has 3 fully saturated rings. The Bertz CT molecular complexity index is 559. The Hall–Kier alpha value is -1.13. The Balaban J connectivity index is 1.48. The van der Waals surface area contributed by atoms with E-state index < -0.39 is 5.97 Å². The van der Waals surface area contributed by atoms with Gasteiger partial charge in [-0.3, -0.25) is 4.79 Å². The third-order valence-electron chi connectivity index (χ3n) is 7.24. The summed E-state index contributed by atoms with van der Waals surface area (Å²) in [6, 6.07) is 0. The van der Waals surface area contributed by atoms with Crippen LogP contribution in [0.25, 0.3) is 0 Å². The van der Waals surface area contributed by atoms with E-state index in [4.69, 9.17) is 5.11 Å². The normalized spacial score (nSPS) is 34.0. The van der Waals surface area contributed by atoms with Crippen molar-refractivity contribution in [3.8, 4) is 0 Å². The molecule has 0 spiro atoms. The van der Waals surface area contributed by atoms with E-state index >= 15 is 0 Å². The molecule has 28 heavy (non-hydrogen) atoms. The van der Waals surface area contributed by atoms with Crippen LogP contribution in [0.1, 0.15) is 83.5 Å². The second-order valence-electron chi connectivity index (χ2n) is 9.41. The molecule has 0 bridgehead atoms. The first-order valence-corrected chi connectivity index (χ1v) is 11.5. The van der Waals surface area contributed by atoms with Crippen LogP contribution < -0.4 is 0 Å². The molecule has 0 aromatic heterocycles. The number of hydrogen-bond donors (Lipinski definition) is 3. The van der Waals surface area contributed by atoms with Crippen molar-refractivity contribution in [3.63, 3.8) is 0 Å². The molecule has 3 N–H and O–H groups in total. The van der Waals surface area contributed by atoms with E-state index in [0.717, 1.165) is 32.1 Å². The monoisotopic (exact) mass is 390 g/mol. The van der Waals surface area contributed by atoms with Gasteiger partial charge in [-0.05, 0) is 56.3 Å². The van der Waals surface area contributed by atoms with Gasteiger partial charge in [-0.1, -0.05) is 62.3 Å². The summed E-state index contributed by atoms with van der Waals surface area (Å²) >= 11 is 0. The van der Waals surface area contributed by atoms with E-state index in [9.17, 15) is 15.0 Å². The van der Waals surface area contributed by atoms with Gasteiger partial charge >= 0.3 is 5.97 Å². The first-order chi connectivity index (χ1) is 13.5. The van der Waals surface area contributed by atoms with E-state index in [0.29, 0.717) is 24.2 Å². The van der Waals surface area contributed by atoms with Crippen molar-refractivity contribution >= 4 is 5.97 Å². The summed E-state index contributed by atoms with van der Waals surface area (Å²) in [7, 11) is 0. The number of aliphatic hydroxyl groups excluding tert-OH is 2. The van der Waals surface area contributed by atoms with Crippen LogP contribution in [-0.4, -0.2) is 33.5 Å². The lowest BCUT2D eigenvalue weighted by Crippen LogP contribution is -2.18. The molecular formula is C24H38O4. The van der Waals surface area contributed by atoms with Crippen molar-refractivity contribution in [1.82, 2.24) is 0 Å². The van der Waals surface area contributed by atoms with Crippen molar-refractivity contribution in [2.24, 2.45) is 23.7 Å². The van der Waals surface area contributed by atoms with Crippen LogP contribution in [0.5, 0.6) is 0 Å². The second kappa shape index (κ2) is 10.6. The number of unbranched alkanes of at least 4 members (excludes halogenated alkanes) is 1. The molecule has 3 rings (SSSR count). The lowest BCUT2D eigenvalue weighted by atomic mass is 9.89. The minimum Gasteiger partial charge on any atom is -0.481 e. The molecule has 4 heteroatoms. The number of hydrogen-bond acceptors (Lipinski definition) is 3. The fraction of sp³-hybridized carbons (Fsp3) is 0.792. The Morgan fingerprint density at radius 2 is 1.89 bits per heavy atom. The van der Waals surface area contributed by atoms with Crippen LogP contribution in [0.15, 0.2) is 23.8 Å². The van der Waals surface area contributed by atoms with E-state index in [1.165, 1.54) is 44.1 Å². The van der Waals surface area contributed by atoms with Gasteiger partial charge in [0.1, 0.15) is 0 Å². The number of aliphatic carboxylic acids is 1. The van der Waals surface area contributed by atoms with Gasteiger partial charge in [0.2, 0.25) is 0 Å². The molecule has 4 nitrogen and oxygen atoms in total. The predicted octanol–water partition coefficient (Wildman–Crippen LogP) is 4.85. The highest BCUT2D eigenvalue weighted by Crippen LogP contribution is 2.50. The molecule has 0 amide bonds. The first-order valence-electron chi connectivity index (χ1n) is 11.5. The summed E-state index contributed by atoms with van der Waals surface area (Å²) in [5.41, 5.74) is 1.43. The molecule has 0 unspecified atom stereocenters. The Morgan fingerprint density at radius 1 is 1.14 bits per heavy atom. The number of fused-ring (bicyclic) bond motifs is 1. The van der Waals surface area contributed by atoms with Gasteiger partial charge in [-0.2, -0.15) is 0 Å². The standard InChI is InChI=1S/C24H38O4/c25-20(14-17-7-3-1-2-4-8-17)11-12-21-22-15-18(9-5-6-10-24(27)28)13-19(22)16-23(21)26/h9,11-12,17,19-23,25-26H,1-8,10,13-16H2,(H,27,28)/t19-,20+,21-,22+,23-/m1/s1. The van der Waals surface area contributed by atoms with Gasteiger partial charge in [0, 0.05) is 12.3 Å². The molecule has 0 saturated heterocycles. The van der Waals surface area contributed by atoms with Crippen LogP contribution >= 0.6 is 0 Å². The third-order valence-corrected chi connectivity index (χ3v) is 7.24. The largest absolute Gasteiger partial charge is 0.481 e. The molecule has 0 aromatic rings. The maximum atomic E-state index is 10.6. The molecule has 0 aromatic carbocycles. The van der Waals surface area contributed by atoms with E-state index in [2.05, 4.69) is 12.2 Å². The molecule has 0 aliphatic heterocycles. The van der Waals surface area contributed by atoms with Crippen molar-refractivity contribution in [3.05, 3.63) is 23.8 Å². The van der Waals surface area contributed by atoms with E-state index in [1.54, 1.807) is 0 Å².